The second kappa shape index (κ2) is 3.53. The van der Waals surface area contributed by atoms with Gasteiger partial charge >= 0.3 is 0 Å². The SMILES string of the molecule is O/N=C1\CCCC[C@H]1NO. The molecule has 58 valence electrons. The van der Waals surface area contributed by atoms with Crippen molar-refractivity contribution in [1.82, 2.24) is 5.48 Å². The molecule has 0 amide bonds. The van der Waals surface area contributed by atoms with E-state index in [1.165, 1.54) is 0 Å². The molecule has 0 aliphatic heterocycles. The molecule has 0 saturated heterocycles. The van der Waals surface area contributed by atoms with Crippen molar-refractivity contribution < 1.29 is 10.4 Å². The van der Waals surface area contributed by atoms with Crippen LogP contribution in [0.25, 0.3) is 0 Å². The highest BCUT2D eigenvalue weighted by Crippen LogP contribution is 2.14. The predicted octanol–water partition coefficient (Wildman–Crippen LogP) is 0.738. The number of hydroxylamine groups is 1. The number of nitrogens with zero attached hydrogens (tertiary/aromatic N) is 1. The lowest BCUT2D eigenvalue weighted by atomic mass is 9.94. The van der Waals surface area contributed by atoms with Crippen molar-refractivity contribution in [3.8, 4) is 0 Å². The molecular weight excluding hydrogens is 132 g/mol. The fourth-order valence-electron chi connectivity index (χ4n) is 1.25. The van der Waals surface area contributed by atoms with E-state index in [1.54, 1.807) is 0 Å². The zero-order valence-corrected chi connectivity index (χ0v) is 5.75. The van der Waals surface area contributed by atoms with Gasteiger partial charge < -0.3 is 10.4 Å². The summed E-state index contributed by atoms with van der Waals surface area (Å²) in [5.74, 6) is 0. The molecular formula is C6H12N2O2. The van der Waals surface area contributed by atoms with E-state index in [0.29, 0.717) is 5.71 Å². The highest BCUT2D eigenvalue weighted by molar-refractivity contribution is 5.89. The van der Waals surface area contributed by atoms with Crippen molar-refractivity contribution in [3.05, 3.63) is 0 Å². The molecule has 0 heterocycles. The van der Waals surface area contributed by atoms with E-state index in [1.807, 2.05) is 0 Å². The second-order valence-electron chi connectivity index (χ2n) is 2.52. The predicted molar refractivity (Wildman–Crippen MR) is 36.4 cm³/mol. The minimum Gasteiger partial charge on any atom is -0.411 e. The van der Waals surface area contributed by atoms with Gasteiger partial charge in [0.1, 0.15) is 0 Å². The number of oxime groups is 1. The van der Waals surface area contributed by atoms with E-state index >= 15 is 0 Å². The number of hydrogen-bond acceptors (Lipinski definition) is 4. The van der Waals surface area contributed by atoms with Gasteiger partial charge in [0.25, 0.3) is 0 Å². The fourth-order valence-corrected chi connectivity index (χ4v) is 1.25. The molecule has 1 aliphatic carbocycles. The third-order valence-corrected chi connectivity index (χ3v) is 1.86. The highest BCUT2D eigenvalue weighted by atomic mass is 16.5. The van der Waals surface area contributed by atoms with Crippen LogP contribution in [0, 0.1) is 0 Å². The van der Waals surface area contributed by atoms with E-state index in [4.69, 9.17) is 10.4 Å². The molecule has 1 atom stereocenters. The maximum atomic E-state index is 8.55. The summed E-state index contributed by atoms with van der Waals surface area (Å²) in [4.78, 5) is 0. The van der Waals surface area contributed by atoms with Gasteiger partial charge in [-0.25, -0.2) is 0 Å². The Bertz CT molecular complexity index is 136. The van der Waals surface area contributed by atoms with Crippen molar-refractivity contribution in [2.24, 2.45) is 5.16 Å². The summed E-state index contributed by atoms with van der Waals surface area (Å²) in [5.41, 5.74) is 2.78. The van der Waals surface area contributed by atoms with Crippen LogP contribution in [-0.4, -0.2) is 22.2 Å². The Morgan fingerprint density at radius 3 is 2.80 bits per heavy atom. The van der Waals surface area contributed by atoms with Crippen LogP contribution in [0.4, 0.5) is 0 Å². The summed E-state index contributed by atoms with van der Waals surface area (Å²) in [7, 11) is 0. The largest absolute Gasteiger partial charge is 0.411 e. The van der Waals surface area contributed by atoms with E-state index in [0.717, 1.165) is 25.7 Å². The van der Waals surface area contributed by atoms with E-state index in [-0.39, 0.29) is 6.04 Å². The summed E-state index contributed by atoms with van der Waals surface area (Å²) in [6.45, 7) is 0. The average Bonchev–Trinajstić information content (AvgIpc) is 2.04. The first-order valence-electron chi connectivity index (χ1n) is 3.49. The van der Waals surface area contributed by atoms with Gasteiger partial charge in [0.05, 0.1) is 11.8 Å². The lowest BCUT2D eigenvalue weighted by Crippen LogP contribution is -2.36. The molecule has 1 aliphatic rings. The third-order valence-electron chi connectivity index (χ3n) is 1.86. The van der Waals surface area contributed by atoms with Gasteiger partial charge in [-0.3, -0.25) is 0 Å². The van der Waals surface area contributed by atoms with E-state index < -0.39 is 0 Å². The molecule has 1 fully saturated rings. The Balaban J connectivity index is 2.50. The Morgan fingerprint density at radius 1 is 1.50 bits per heavy atom. The fraction of sp³-hybridized carbons (Fsp3) is 0.833. The molecule has 0 aromatic heterocycles. The molecule has 3 N–H and O–H groups in total. The first-order chi connectivity index (χ1) is 4.88. The van der Waals surface area contributed by atoms with Crippen LogP contribution in [0.15, 0.2) is 5.16 Å². The lowest BCUT2D eigenvalue weighted by Gasteiger charge is -2.20. The maximum Gasteiger partial charge on any atom is 0.0763 e. The van der Waals surface area contributed by atoms with Gasteiger partial charge in [-0.15, -0.1) is 0 Å². The summed E-state index contributed by atoms with van der Waals surface area (Å²) < 4.78 is 0. The van der Waals surface area contributed by atoms with Gasteiger partial charge in [0, 0.05) is 0 Å². The van der Waals surface area contributed by atoms with E-state index in [9.17, 15) is 0 Å². The highest BCUT2D eigenvalue weighted by Gasteiger charge is 2.19. The summed E-state index contributed by atoms with van der Waals surface area (Å²) >= 11 is 0. The van der Waals surface area contributed by atoms with Crippen LogP contribution >= 0.6 is 0 Å². The van der Waals surface area contributed by atoms with Gasteiger partial charge in [-0.2, -0.15) is 5.48 Å². The van der Waals surface area contributed by atoms with Crippen LogP contribution in [-0.2, 0) is 0 Å². The Morgan fingerprint density at radius 2 is 2.30 bits per heavy atom. The lowest BCUT2D eigenvalue weighted by molar-refractivity contribution is 0.139. The Labute approximate surface area is 59.5 Å². The van der Waals surface area contributed by atoms with Crippen molar-refractivity contribution in [1.29, 1.82) is 0 Å². The first kappa shape index (κ1) is 7.50. The van der Waals surface area contributed by atoms with Crippen molar-refractivity contribution in [3.63, 3.8) is 0 Å². The van der Waals surface area contributed by atoms with Crippen LogP contribution in [0.1, 0.15) is 25.7 Å². The monoisotopic (exact) mass is 144 g/mol. The van der Waals surface area contributed by atoms with Crippen LogP contribution in [0.3, 0.4) is 0 Å². The molecule has 4 heteroatoms. The molecule has 0 spiro atoms. The van der Waals surface area contributed by atoms with Crippen molar-refractivity contribution in [2.45, 2.75) is 31.7 Å². The van der Waals surface area contributed by atoms with Crippen molar-refractivity contribution in [2.75, 3.05) is 0 Å². The average molecular weight is 144 g/mol. The van der Waals surface area contributed by atoms with E-state index in [2.05, 4.69) is 10.6 Å². The first-order valence-corrected chi connectivity index (χ1v) is 3.49. The zero-order chi connectivity index (χ0) is 7.40. The van der Waals surface area contributed by atoms with Gasteiger partial charge in [0.15, 0.2) is 0 Å². The molecule has 0 unspecified atom stereocenters. The van der Waals surface area contributed by atoms with Crippen LogP contribution < -0.4 is 5.48 Å². The third kappa shape index (κ3) is 1.46. The van der Waals surface area contributed by atoms with Gasteiger partial charge in [-0.05, 0) is 19.3 Å². The van der Waals surface area contributed by atoms with Gasteiger partial charge in [0.2, 0.25) is 0 Å². The molecule has 10 heavy (non-hydrogen) atoms. The topological polar surface area (TPSA) is 64.9 Å². The Hall–Kier alpha value is -0.610. The zero-order valence-electron chi connectivity index (χ0n) is 5.75. The maximum absolute atomic E-state index is 8.55. The second-order valence-corrected chi connectivity index (χ2v) is 2.52. The van der Waals surface area contributed by atoms with Gasteiger partial charge in [-0.1, -0.05) is 11.6 Å². The summed E-state index contributed by atoms with van der Waals surface area (Å²) in [6.07, 6.45) is 3.78. The quantitative estimate of drug-likeness (QED) is 0.375. The molecule has 0 radical (unpaired) electrons. The Kier molecular flexibility index (Phi) is 2.65. The molecule has 0 aromatic rings. The normalized spacial score (nSPS) is 30.9. The summed E-state index contributed by atoms with van der Waals surface area (Å²) in [5, 5.41) is 20.1. The number of rotatable bonds is 1. The standard InChI is InChI=1S/C6H12N2O2/c9-7-5-3-1-2-4-6(5)8-10/h5,7,9-10H,1-4H2/b8-6+/t5-/m1/s1. The number of nitrogens with one attached hydrogen (secondary N) is 1. The minimum absolute atomic E-state index is 0.126. The molecule has 0 bridgehead atoms. The molecule has 1 saturated carbocycles. The molecule has 1 rings (SSSR count). The van der Waals surface area contributed by atoms with Crippen LogP contribution in [0.2, 0.25) is 0 Å². The molecule has 4 nitrogen and oxygen atoms in total. The van der Waals surface area contributed by atoms with Crippen LogP contribution in [0.5, 0.6) is 0 Å². The smallest absolute Gasteiger partial charge is 0.0763 e. The van der Waals surface area contributed by atoms with Crippen molar-refractivity contribution >= 4 is 5.71 Å². The minimum atomic E-state index is -0.126. The summed E-state index contributed by atoms with van der Waals surface area (Å²) in [6, 6.07) is -0.126. The number of hydrogen-bond donors (Lipinski definition) is 3. The molecule has 0 aromatic carbocycles.